The standard InChI is InChI=1S/C7H10BrN3O/c1-3-9-7(12)6-5(8)4-11(2)10-6/h4H,3H2,1-2H3,(H,9,12). The van der Waals surface area contributed by atoms with Crippen molar-refractivity contribution in [1.29, 1.82) is 0 Å². The van der Waals surface area contributed by atoms with Crippen molar-refractivity contribution in [2.24, 2.45) is 7.05 Å². The molecule has 0 saturated carbocycles. The summed E-state index contributed by atoms with van der Waals surface area (Å²) < 4.78 is 2.31. The number of nitrogens with one attached hydrogen (secondary N) is 1. The molecule has 0 spiro atoms. The van der Waals surface area contributed by atoms with Crippen LogP contribution in [0, 0.1) is 0 Å². The van der Waals surface area contributed by atoms with Crippen LogP contribution in [0.25, 0.3) is 0 Å². The minimum Gasteiger partial charge on any atom is -0.351 e. The Hall–Kier alpha value is -0.840. The molecule has 0 radical (unpaired) electrons. The van der Waals surface area contributed by atoms with Gasteiger partial charge in [0.15, 0.2) is 5.69 Å². The van der Waals surface area contributed by atoms with Crippen molar-refractivity contribution < 1.29 is 4.79 Å². The fraction of sp³-hybridized carbons (Fsp3) is 0.429. The van der Waals surface area contributed by atoms with Crippen molar-refractivity contribution >= 4 is 21.8 Å². The fourth-order valence-electron chi connectivity index (χ4n) is 0.858. The van der Waals surface area contributed by atoms with Gasteiger partial charge in [-0.2, -0.15) is 5.10 Å². The molecule has 0 saturated heterocycles. The van der Waals surface area contributed by atoms with Gasteiger partial charge in [0.1, 0.15) is 0 Å². The lowest BCUT2D eigenvalue weighted by atomic mass is 10.4. The van der Waals surface area contributed by atoms with Gasteiger partial charge in [-0.15, -0.1) is 0 Å². The van der Waals surface area contributed by atoms with Gasteiger partial charge in [0.25, 0.3) is 5.91 Å². The molecule has 5 heteroatoms. The predicted molar refractivity (Wildman–Crippen MR) is 48.9 cm³/mol. The lowest BCUT2D eigenvalue weighted by Crippen LogP contribution is -2.23. The molecule has 1 aromatic rings. The Kier molecular flexibility index (Phi) is 2.86. The SMILES string of the molecule is CCNC(=O)c1nn(C)cc1Br. The quantitative estimate of drug-likeness (QED) is 0.824. The second kappa shape index (κ2) is 3.71. The van der Waals surface area contributed by atoms with E-state index < -0.39 is 0 Å². The molecule has 0 aliphatic rings. The molecule has 0 aromatic carbocycles. The Labute approximate surface area is 79.1 Å². The number of amides is 1. The molecule has 1 aromatic heterocycles. The summed E-state index contributed by atoms with van der Waals surface area (Å²) in [6.45, 7) is 2.48. The average molecular weight is 232 g/mol. The van der Waals surface area contributed by atoms with E-state index in [0.717, 1.165) is 4.47 Å². The molecular weight excluding hydrogens is 222 g/mol. The molecule has 1 amide bonds. The van der Waals surface area contributed by atoms with Gasteiger partial charge in [0.05, 0.1) is 4.47 Å². The lowest BCUT2D eigenvalue weighted by molar-refractivity contribution is 0.0949. The number of nitrogens with zero attached hydrogens (tertiary/aromatic N) is 2. The molecule has 0 fully saturated rings. The molecule has 66 valence electrons. The van der Waals surface area contributed by atoms with Crippen LogP contribution in [-0.4, -0.2) is 22.2 Å². The predicted octanol–water partition coefficient (Wildman–Crippen LogP) is 0.932. The first-order valence-corrected chi connectivity index (χ1v) is 4.41. The highest BCUT2D eigenvalue weighted by molar-refractivity contribution is 9.10. The first-order chi connectivity index (χ1) is 5.65. The van der Waals surface area contributed by atoms with Crippen LogP contribution in [0.4, 0.5) is 0 Å². The van der Waals surface area contributed by atoms with Gasteiger partial charge in [0.2, 0.25) is 0 Å². The molecule has 4 nitrogen and oxygen atoms in total. The second-order valence-corrected chi connectivity index (χ2v) is 3.21. The molecular formula is C7H10BrN3O. The van der Waals surface area contributed by atoms with Crippen LogP contribution in [0.3, 0.4) is 0 Å². The van der Waals surface area contributed by atoms with E-state index >= 15 is 0 Å². The third-order valence-corrected chi connectivity index (χ3v) is 1.92. The summed E-state index contributed by atoms with van der Waals surface area (Å²) in [4.78, 5) is 11.3. The number of hydrogen-bond donors (Lipinski definition) is 1. The molecule has 0 atom stereocenters. The highest BCUT2D eigenvalue weighted by atomic mass is 79.9. The van der Waals surface area contributed by atoms with Crippen LogP contribution in [-0.2, 0) is 7.05 Å². The van der Waals surface area contributed by atoms with Crippen LogP contribution in [0.15, 0.2) is 10.7 Å². The number of aryl methyl sites for hydroxylation is 1. The zero-order chi connectivity index (χ0) is 9.14. The Morgan fingerprint density at radius 1 is 1.83 bits per heavy atom. The van der Waals surface area contributed by atoms with Gasteiger partial charge in [-0.3, -0.25) is 9.48 Å². The Morgan fingerprint density at radius 3 is 2.92 bits per heavy atom. The Balaban J connectivity index is 2.87. The van der Waals surface area contributed by atoms with Crippen LogP contribution >= 0.6 is 15.9 Å². The summed E-state index contributed by atoms with van der Waals surface area (Å²) in [5.41, 5.74) is 0.430. The zero-order valence-electron chi connectivity index (χ0n) is 6.97. The van der Waals surface area contributed by atoms with E-state index in [4.69, 9.17) is 0 Å². The summed E-state index contributed by atoms with van der Waals surface area (Å²) in [7, 11) is 1.77. The fourth-order valence-corrected chi connectivity index (χ4v) is 1.41. The number of hydrogen-bond acceptors (Lipinski definition) is 2. The summed E-state index contributed by atoms with van der Waals surface area (Å²) >= 11 is 3.24. The van der Waals surface area contributed by atoms with E-state index in [1.54, 1.807) is 17.9 Å². The minimum atomic E-state index is -0.148. The first kappa shape index (κ1) is 9.25. The van der Waals surface area contributed by atoms with Crippen LogP contribution < -0.4 is 5.32 Å². The van der Waals surface area contributed by atoms with Gasteiger partial charge in [0, 0.05) is 19.8 Å². The summed E-state index contributed by atoms with van der Waals surface area (Å²) in [5, 5.41) is 6.66. The van der Waals surface area contributed by atoms with Crippen LogP contribution in [0.5, 0.6) is 0 Å². The number of aromatic nitrogens is 2. The van der Waals surface area contributed by atoms with E-state index in [0.29, 0.717) is 12.2 Å². The Morgan fingerprint density at radius 2 is 2.50 bits per heavy atom. The third-order valence-electron chi connectivity index (χ3n) is 1.34. The number of rotatable bonds is 2. The van der Waals surface area contributed by atoms with E-state index in [2.05, 4.69) is 26.3 Å². The van der Waals surface area contributed by atoms with Crippen LogP contribution in [0.1, 0.15) is 17.4 Å². The average Bonchev–Trinajstić information content (AvgIpc) is 2.30. The maximum absolute atomic E-state index is 11.3. The van der Waals surface area contributed by atoms with Gasteiger partial charge >= 0.3 is 0 Å². The van der Waals surface area contributed by atoms with Gasteiger partial charge in [-0.25, -0.2) is 0 Å². The topological polar surface area (TPSA) is 46.9 Å². The molecule has 1 N–H and O–H groups in total. The highest BCUT2D eigenvalue weighted by Gasteiger charge is 2.12. The zero-order valence-corrected chi connectivity index (χ0v) is 8.55. The first-order valence-electron chi connectivity index (χ1n) is 3.62. The number of carbonyl (C=O) groups excluding carboxylic acids is 1. The molecule has 0 unspecified atom stereocenters. The monoisotopic (exact) mass is 231 g/mol. The normalized spacial score (nSPS) is 9.92. The van der Waals surface area contributed by atoms with Crippen molar-refractivity contribution in [3.63, 3.8) is 0 Å². The largest absolute Gasteiger partial charge is 0.351 e. The van der Waals surface area contributed by atoms with Crippen molar-refractivity contribution in [1.82, 2.24) is 15.1 Å². The minimum absolute atomic E-state index is 0.148. The molecule has 0 aliphatic carbocycles. The van der Waals surface area contributed by atoms with Crippen molar-refractivity contribution in [3.05, 3.63) is 16.4 Å². The second-order valence-electron chi connectivity index (χ2n) is 2.36. The summed E-state index contributed by atoms with van der Waals surface area (Å²) in [5.74, 6) is -0.148. The maximum atomic E-state index is 11.3. The van der Waals surface area contributed by atoms with Gasteiger partial charge in [-0.1, -0.05) is 0 Å². The van der Waals surface area contributed by atoms with Crippen molar-refractivity contribution in [3.8, 4) is 0 Å². The summed E-state index contributed by atoms with van der Waals surface area (Å²) in [6, 6.07) is 0. The lowest BCUT2D eigenvalue weighted by Gasteiger charge is -1.97. The van der Waals surface area contributed by atoms with Gasteiger partial charge < -0.3 is 5.32 Å². The van der Waals surface area contributed by atoms with E-state index in [-0.39, 0.29) is 5.91 Å². The number of halogens is 1. The Bertz CT molecular complexity index is 295. The molecule has 1 heterocycles. The van der Waals surface area contributed by atoms with E-state index in [1.807, 2.05) is 6.92 Å². The van der Waals surface area contributed by atoms with Crippen LogP contribution in [0.2, 0.25) is 0 Å². The highest BCUT2D eigenvalue weighted by Crippen LogP contribution is 2.13. The summed E-state index contributed by atoms with van der Waals surface area (Å²) in [6.07, 6.45) is 1.74. The molecule has 0 bridgehead atoms. The molecule has 1 rings (SSSR count). The van der Waals surface area contributed by atoms with E-state index in [9.17, 15) is 4.79 Å². The van der Waals surface area contributed by atoms with Gasteiger partial charge in [-0.05, 0) is 22.9 Å². The molecule has 12 heavy (non-hydrogen) atoms. The molecule has 0 aliphatic heterocycles. The maximum Gasteiger partial charge on any atom is 0.272 e. The van der Waals surface area contributed by atoms with E-state index in [1.165, 1.54) is 0 Å². The number of carbonyl (C=O) groups is 1. The van der Waals surface area contributed by atoms with Crippen molar-refractivity contribution in [2.75, 3.05) is 6.54 Å². The smallest absolute Gasteiger partial charge is 0.272 e. The van der Waals surface area contributed by atoms with Crippen molar-refractivity contribution in [2.45, 2.75) is 6.92 Å². The third kappa shape index (κ3) is 1.85.